The summed E-state index contributed by atoms with van der Waals surface area (Å²) in [6.45, 7) is 4.85. The zero-order valence-electron chi connectivity index (χ0n) is 15.1. The van der Waals surface area contributed by atoms with Crippen LogP contribution in [0.5, 0.6) is 11.5 Å². The van der Waals surface area contributed by atoms with Crippen molar-refractivity contribution in [2.45, 2.75) is 13.0 Å². The first-order valence-electron chi connectivity index (χ1n) is 8.54. The Morgan fingerprint density at radius 1 is 1.30 bits per heavy atom. The Labute approximate surface area is 162 Å². The number of amides is 1. The number of benzene rings is 1. The SMILES string of the molecule is C=CCOc1ccc(C(=O)OCC(=O)N2CCc3sccc3C2)cc1OC. The lowest BCUT2D eigenvalue weighted by Crippen LogP contribution is -2.38. The molecular weight excluding hydrogens is 366 g/mol. The number of nitrogens with zero attached hydrogens (tertiary/aromatic N) is 1. The lowest BCUT2D eigenvalue weighted by atomic mass is 10.1. The van der Waals surface area contributed by atoms with E-state index in [2.05, 4.69) is 6.58 Å². The van der Waals surface area contributed by atoms with E-state index in [9.17, 15) is 9.59 Å². The number of ether oxygens (including phenoxy) is 3. The van der Waals surface area contributed by atoms with E-state index in [-0.39, 0.29) is 12.5 Å². The first kappa shape index (κ1) is 19.0. The summed E-state index contributed by atoms with van der Waals surface area (Å²) in [5.74, 6) is 0.145. The molecule has 142 valence electrons. The molecule has 27 heavy (non-hydrogen) atoms. The fourth-order valence-electron chi connectivity index (χ4n) is 2.83. The van der Waals surface area contributed by atoms with E-state index in [1.807, 2.05) is 11.4 Å². The van der Waals surface area contributed by atoms with Crippen molar-refractivity contribution >= 4 is 23.2 Å². The van der Waals surface area contributed by atoms with Crippen LogP contribution in [0.1, 0.15) is 20.8 Å². The molecule has 2 aromatic rings. The van der Waals surface area contributed by atoms with E-state index >= 15 is 0 Å². The van der Waals surface area contributed by atoms with Gasteiger partial charge < -0.3 is 19.1 Å². The second-order valence-electron chi connectivity index (χ2n) is 5.98. The molecule has 2 heterocycles. The van der Waals surface area contributed by atoms with E-state index in [0.717, 1.165) is 6.42 Å². The van der Waals surface area contributed by atoms with Crippen molar-refractivity contribution < 1.29 is 23.8 Å². The summed E-state index contributed by atoms with van der Waals surface area (Å²) in [5, 5.41) is 2.04. The van der Waals surface area contributed by atoms with E-state index < -0.39 is 5.97 Å². The van der Waals surface area contributed by atoms with Gasteiger partial charge in [0, 0.05) is 18.0 Å². The zero-order chi connectivity index (χ0) is 19.2. The predicted molar refractivity (Wildman–Crippen MR) is 102 cm³/mol. The maximum absolute atomic E-state index is 12.4. The van der Waals surface area contributed by atoms with Gasteiger partial charge in [0.05, 0.1) is 12.7 Å². The van der Waals surface area contributed by atoms with Crippen LogP contribution in [0.15, 0.2) is 42.3 Å². The van der Waals surface area contributed by atoms with Gasteiger partial charge in [0.2, 0.25) is 0 Å². The number of carbonyl (C=O) groups is 2. The molecule has 0 saturated heterocycles. The van der Waals surface area contributed by atoms with Crippen LogP contribution in [0.4, 0.5) is 0 Å². The Bertz CT molecular complexity index is 845. The summed E-state index contributed by atoms with van der Waals surface area (Å²) >= 11 is 1.71. The number of carbonyl (C=O) groups excluding carboxylic acids is 2. The summed E-state index contributed by atoms with van der Waals surface area (Å²) in [5.41, 5.74) is 1.47. The Morgan fingerprint density at radius 2 is 2.15 bits per heavy atom. The van der Waals surface area contributed by atoms with Crippen molar-refractivity contribution in [3.63, 3.8) is 0 Å². The van der Waals surface area contributed by atoms with Gasteiger partial charge in [0.25, 0.3) is 5.91 Å². The molecule has 0 saturated carbocycles. The topological polar surface area (TPSA) is 65.1 Å². The van der Waals surface area contributed by atoms with Crippen molar-refractivity contribution in [2.75, 3.05) is 26.9 Å². The Kier molecular flexibility index (Phi) is 6.13. The normalized spacial score (nSPS) is 12.9. The van der Waals surface area contributed by atoms with Crippen molar-refractivity contribution in [1.82, 2.24) is 4.90 Å². The fraction of sp³-hybridized carbons (Fsp3) is 0.300. The molecule has 0 spiro atoms. The number of rotatable bonds is 7. The molecule has 0 fully saturated rings. The first-order valence-corrected chi connectivity index (χ1v) is 9.42. The van der Waals surface area contributed by atoms with Crippen LogP contribution in [-0.4, -0.2) is 43.6 Å². The van der Waals surface area contributed by atoms with Crippen LogP contribution in [0.2, 0.25) is 0 Å². The third-order valence-electron chi connectivity index (χ3n) is 4.24. The highest BCUT2D eigenvalue weighted by Gasteiger charge is 2.22. The minimum absolute atomic E-state index is 0.196. The maximum atomic E-state index is 12.4. The number of thiophene rings is 1. The van der Waals surface area contributed by atoms with Crippen molar-refractivity contribution in [1.29, 1.82) is 0 Å². The molecule has 0 bridgehead atoms. The quantitative estimate of drug-likeness (QED) is 0.540. The summed E-state index contributed by atoms with van der Waals surface area (Å²) in [4.78, 5) is 27.7. The lowest BCUT2D eigenvalue weighted by Gasteiger charge is -2.26. The molecule has 1 aromatic carbocycles. The molecule has 6 nitrogen and oxygen atoms in total. The molecule has 0 unspecified atom stereocenters. The molecular formula is C20H21NO5S. The first-order chi connectivity index (χ1) is 13.1. The van der Waals surface area contributed by atoms with E-state index in [4.69, 9.17) is 14.2 Å². The fourth-order valence-corrected chi connectivity index (χ4v) is 3.72. The molecule has 3 rings (SSSR count). The van der Waals surface area contributed by atoms with Crippen molar-refractivity contribution in [3.8, 4) is 11.5 Å². The zero-order valence-corrected chi connectivity index (χ0v) is 15.9. The second-order valence-corrected chi connectivity index (χ2v) is 6.98. The highest BCUT2D eigenvalue weighted by molar-refractivity contribution is 7.10. The molecule has 1 amide bonds. The number of fused-ring (bicyclic) bond motifs is 1. The van der Waals surface area contributed by atoms with Crippen molar-refractivity contribution in [3.05, 3.63) is 58.3 Å². The third-order valence-corrected chi connectivity index (χ3v) is 5.27. The monoisotopic (exact) mass is 387 g/mol. The number of hydrogen-bond donors (Lipinski definition) is 0. The summed E-state index contributed by atoms with van der Waals surface area (Å²) < 4.78 is 15.9. The average molecular weight is 387 g/mol. The average Bonchev–Trinajstić information content (AvgIpc) is 3.17. The smallest absolute Gasteiger partial charge is 0.338 e. The highest BCUT2D eigenvalue weighted by atomic mass is 32.1. The largest absolute Gasteiger partial charge is 0.493 e. The molecule has 1 aromatic heterocycles. The van der Waals surface area contributed by atoms with Crippen LogP contribution in [0.25, 0.3) is 0 Å². The minimum Gasteiger partial charge on any atom is -0.493 e. The van der Waals surface area contributed by atoms with Gasteiger partial charge in [-0.25, -0.2) is 4.79 Å². The van der Waals surface area contributed by atoms with Crippen LogP contribution in [-0.2, 0) is 22.5 Å². The van der Waals surface area contributed by atoms with Gasteiger partial charge >= 0.3 is 5.97 Å². The standard InChI is InChI=1S/C20H21NO5S/c1-3-9-25-16-5-4-14(11-17(16)24-2)20(23)26-13-19(22)21-8-6-18-15(12-21)7-10-27-18/h3-5,7,10-11H,1,6,8-9,12-13H2,2H3. The molecule has 1 aliphatic heterocycles. The van der Waals surface area contributed by atoms with Gasteiger partial charge in [-0.2, -0.15) is 0 Å². The van der Waals surface area contributed by atoms with E-state index in [0.29, 0.717) is 36.8 Å². The molecule has 0 atom stereocenters. The predicted octanol–water partition coefficient (Wildman–Crippen LogP) is 3.06. The molecule has 0 aliphatic carbocycles. The Hall–Kier alpha value is -2.80. The second kappa shape index (κ2) is 8.73. The molecule has 0 radical (unpaired) electrons. The van der Waals surface area contributed by atoms with Crippen LogP contribution in [0, 0.1) is 0 Å². The van der Waals surface area contributed by atoms with Crippen LogP contribution < -0.4 is 9.47 Å². The summed E-state index contributed by atoms with van der Waals surface area (Å²) in [6, 6.07) is 6.77. The van der Waals surface area contributed by atoms with Gasteiger partial charge in [-0.1, -0.05) is 12.7 Å². The van der Waals surface area contributed by atoms with Crippen LogP contribution in [0.3, 0.4) is 0 Å². The van der Waals surface area contributed by atoms with Crippen LogP contribution >= 0.6 is 11.3 Å². The van der Waals surface area contributed by atoms with E-state index in [1.165, 1.54) is 23.6 Å². The van der Waals surface area contributed by atoms with Gasteiger partial charge in [0.1, 0.15) is 6.61 Å². The lowest BCUT2D eigenvalue weighted by molar-refractivity contribution is -0.135. The molecule has 0 N–H and O–H groups in total. The maximum Gasteiger partial charge on any atom is 0.338 e. The van der Waals surface area contributed by atoms with E-state index in [1.54, 1.807) is 34.4 Å². The summed E-state index contributed by atoms with van der Waals surface area (Å²) in [6.07, 6.45) is 2.46. The number of methoxy groups -OCH3 is 1. The van der Waals surface area contributed by atoms with Gasteiger partial charge in [-0.3, -0.25) is 4.79 Å². The third kappa shape index (κ3) is 4.49. The minimum atomic E-state index is -0.579. The number of hydrogen-bond acceptors (Lipinski definition) is 6. The highest BCUT2D eigenvalue weighted by Crippen LogP contribution is 2.28. The Morgan fingerprint density at radius 3 is 2.93 bits per heavy atom. The molecule has 7 heteroatoms. The van der Waals surface area contributed by atoms with Gasteiger partial charge in [-0.05, 0) is 41.6 Å². The summed E-state index contributed by atoms with van der Waals surface area (Å²) in [7, 11) is 1.49. The Balaban J connectivity index is 1.57. The van der Waals surface area contributed by atoms with Gasteiger partial charge in [-0.15, -0.1) is 11.3 Å². The molecule has 1 aliphatic rings. The number of esters is 1. The van der Waals surface area contributed by atoms with Gasteiger partial charge in [0.15, 0.2) is 18.1 Å². The van der Waals surface area contributed by atoms with Crippen molar-refractivity contribution in [2.24, 2.45) is 0 Å².